The molecule has 0 radical (unpaired) electrons. The number of hydrogen-bond acceptors (Lipinski definition) is 4. The van der Waals surface area contributed by atoms with Gasteiger partial charge in [-0.1, -0.05) is 13.8 Å². The standard InChI is InChI=1S/C18H30FN3O2/c1-5-6-21-17(24)7-13(2)9-18(3,4)22-12-16(23)14-8-15(19)11-20-10-14/h8,10-11,13,16,22-23H,5-7,9,12H2,1-4H3,(H,21,24). The largest absolute Gasteiger partial charge is 0.387 e. The average Bonchev–Trinajstić information content (AvgIpc) is 2.50. The number of carbonyl (C=O) groups is 1. The Hall–Kier alpha value is -1.53. The van der Waals surface area contributed by atoms with E-state index in [2.05, 4.69) is 15.6 Å². The third kappa shape index (κ3) is 7.84. The lowest BCUT2D eigenvalue weighted by atomic mass is 9.89. The van der Waals surface area contributed by atoms with Crippen LogP contribution in [0.2, 0.25) is 0 Å². The summed E-state index contributed by atoms with van der Waals surface area (Å²) < 4.78 is 13.2. The van der Waals surface area contributed by atoms with Crippen LogP contribution in [0, 0.1) is 11.7 Å². The van der Waals surface area contributed by atoms with Crippen LogP contribution in [-0.2, 0) is 4.79 Å². The van der Waals surface area contributed by atoms with Crippen molar-refractivity contribution in [2.75, 3.05) is 13.1 Å². The number of amides is 1. The minimum Gasteiger partial charge on any atom is -0.387 e. The van der Waals surface area contributed by atoms with Crippen molar-refractivity contribution >= 4 is 5.91 Å². The molecule has 0 saturated carbocycles. The van der Waals surface area contributed by atoms with Crippen LogP contribution >= 0.6 is 0 Å². The molecule has 0 bridgehead atoms. The van der Waals surface area contributed by atoms with Gasteiger partial charge in [0.2, 0.25) is 5.91 Å². The topological polar surface area (TPSA) is 74.2 Å². The maximum Gasteiger partial charge on any atom is 0.220 e. The van der Waals surface area contributed by atoms with E-state index in [1.165, 1.54) is 12.3 Å². The smallest absolute Gasteiger partial charge is 0.220 e. The molecule has 0 fully saturated rings. The third-order valence-corrected chi connectivity index (χ3v) is 3.85. The van der Waals surface area contributed by atoms with Crippen LogP contribution in [0.4, 0.5) is 4.39 Å². The molecule has 3 N–H and O–H groups in total. The zero-order valence-corrected chi connectivity index (χ0v) is 15.1. The summed E-state index contributed by atoms with van der Waals surface area (Å²) in [5.74, 6) is -0.166. The quantitative estimate of drug-likeness (QED) is 0.612. The number of nitrogens with one attached hydrogen (secondary N) is 2. The van der Waals surface area contributed by atoms with Gasteiger partial charge in [-0.15, -0.1) is 0 Å². The van der Waals surface area contributed by atoms with E-state index in [9.17, 15) is 14.3 Å². The first kappa shape index (κ1) is 20.5. The highest BCUT2D eigenvalue weighted by Gasteiger charge is 2.23. The number of aliphatic hydroxyl groups excluding tert-OH is 1. The average molecular weight is 339 g/mol. The van der Waals surface area contributed by atoms with Crippen LogP contribution in [-0.4, -0.2) is 34.6 Å². The van der Waals surface area contributed by atoms with Gasteiger partial charge in [0.15, 0.2) is 0 Å². The summed E-state index contributed by atoms with van der Waals surface area (Å²) in [5, 5.41) is 16.3. The van der Waals surface area contributed by atoms with E-state index in [0.29, 0.717) is 25.1 Å². The van der Waals surface area contributed by atoms with E-state index in [4.69, 9.17) is 0 Å². The molecule has 6 heteroatoms. The second kappa shape index (κ2) is 9.69. The van der Waals surface area contributed by atoms with Gasteiger partial charge in [0, 0.05) is 36.8 Å². The molecule has 1 amide bonds. The zero-order valence-electron chi connectivity index (χ0n) is 15.1. The first-order valence-electron chi connectivity index (χ1n) is 8.53. The Morgan fingerprint density at radius 3 is 2.75 bits per heavy atom. The van der Waals surface area contributed by atoms with Crippen molar-refractivity contribution in [3.8, 4) is 0 Å². The first-order valence-corrected chi connectivity index (χ1v) is 8.53. The molecule has 1 rings (SSSR count). The van der Waals surface area contributed by atoms with E-state index < -0.39 is 11.9 Å². The molecule has 0 spiro atoms. The summed E-state index contributed by atoms with van der Waals surface area (Å²) in [6, 6.07) is 1.28. The molecule has 0 aromatic carbocycles. The lowest BCUT2D eigenvalue weighted by molar-refractivity contribution is -0.122. The molecular weight excluding hydrogens is 309 g/mol. The minimum absolute atomic E-state index is 0.0750. The van der Waals surface area contributed by atoms with Gasteiger partial charge in [-0.2, -0.15) is 0 Å². The lowest BCUT2D eigenvalue weighted by Crippen LogP contribution is -2.43. The number of rotatable bonds is 10. The fourth-order valence-corrected chi connectivity index (χ4v) is 2.77. The second-order valence-corrected chi connectivity index (χ2v) is 7.08. The molecule has 2 unspecified atom stereocenters. The van der Waals surface area contributed by atoms with E-state index in [1.54, 1.807) is 0 Å². The predicted molar refractivity (Wildman–Crippen MR) is 92.9 cm³/mol. The monoisotopic (exact) mass is 339 g/mol. The van der Waals surface area contributed by atoms with Crippen LogP contribution in [0.1, 0.15) is 58.6 Å². The maximum atomic E-state index is 13.2. The second-order valence-electron chi connectivity index (χ2n) is 7.08. The number of carbonyl (C=O) groups excluding carboxylic acids is 1. The summed E-state index contributed by atoms with van der Waals surface area (Å²) in [7, 11) is 0. The highest BCUT2D eigenvalue weighted by Crippen LogP contribution is 2.20. The SMILES string of the molecule is CCCNC(=O)CC(C)CC(C)(C)NCC(O)c1cncc(F)c1. The van der Waals surface area contributed by atoms with E-state index in [0.717, 1.165) is 19.0 Å². The third-order valence-electron chi connectivity index (χ3n) is 3.85. The maximum absolute atomic E-state index is 13.2. The Morgan fingerprint density at radius 2 is 2.12 bits per heavy atom. The van der Waals surface area contributed by atoms with E-state index in [-0.39, 0.29) is 17.4 Å². The van der Waals surface area contributed by atoms with Crippen molar-refractivity contribution in [2.45, 2.75) is 58.6 Å². The number of aliphatic hydroxyl groups is 1. The summed E-state index contributed by atoms with van der Waals surface area (Å²) >= 11 is 0. The number of hydrogen-bond donors (Lipinski definition) is 3. The van der Waals surface area contributed by atoms with Crippen LogP contribution in [0.3, 0.4) is 0 Å². The molecule has 5 nitrogen and oxygen atoms in total. The van der Waals surface area contributed by atoms with Gasteiger partial charge in [0.25, 0.3) is 0 Å². The zero-order chi connectivity index (χ0) is 18.2. The van der Waals surface area contributed by atoms with Crippen molar-refractivity contribution in [1.82, 2.24) is 15.6 Å². The van der Waals surface area contributed by atoms with Crippen molar-refractivity contribution in [1.29, 1.82) is 0 Å². The lowest BCUT2D eigenvalue weighted by Gasteiger charge is -2.30. The van der Waals surface area contributed by atoms with Gasteiger partial charge in [0.1, 0.15) is 5.82 Å². The molecule has 0 aliphatic rings. The van der Waals surface area contributed by atoms with Crippen LogP contribution in [0.5, 0.6) is 0 Å². The molecular formula is C18H30FN3O2. The number of pyridine rings is 1. The molecule has 0 saturated heterocycles. The van der Waals surface area contributed by atoms with Crippen molar-refractivity contribution in [3.63, 3.8) is 0 Å². The van der Waals surface area contributed by atoms with Crippen LogP contribution in [0.25, 0.3) is 0 Å². The fraction of sp³-hybridized carbons (Fsp3) is 0.667. The highest BCUT2D eigenvalue weighted by molar-refractivity contribution is 5.76. The molecule has 2 atom stereocenters. The Kier molecular flexibility index (Phi) is 8.28. The number of halogens is 1. The number of nitrogens with zero attached hydrogens (tertiary/aromatic N) is 1. The normalized spacial score (nSPS) is 14.2. The van der Waals surface area contributed by atoms with E-state index >= 15 is 0 Å². The Labute approximate surface area is 144 Å². The molecule has 1 heterocycles. The minimum atomic E-state index is -0.823. The number of aromatic nitrogens is 1. The van der Waals surface area contributed by atoms with Gasteiger partial charge in [-0.3, -0.25) is 9.78 Å². The Morgan fingerprint density at radius 1 is 1.42 bits per heavy atom. The number of β-amino-alcohol motifs (C(OH)–C–C–N with tert-alkyl or cyclic N) is 1. The van der Waals surface area contributed by atoms with Crippen LogP contribution < -0.4 is 10.6 Å². The van der Waals surface area contributed by atoms with Crippen LogP contribution in [0.15, 0.2) is 18.5 Å². The molecule has 1 aromatic heterocycles. The highest BCUT2D eigenvalue weighted by atomic mass is 19.1. The van der Waals surface area contributed by atoms with Gasteiger partial charge in [0.05, 0.1) is 12.3 Å². The molecule has 24 heavy (non-hydrogen) atoms. The van der Waals surface area contributed by atoms with Gasteiger partial charge in [-0.05, 0) is 38.7 Å². The summed E-state index contributed by atoms with van der Waals surface area (Å²) in [6.07, 6.45) is 3.96. The van der Waals surface area contributed by atoms with Gasteiger partial charge in [-0.25, -0.2) is 4.39 Å². The summed E-state index contributed by atoms with van der Waals surface area (Å²) in [5.41, 5.74) is 0.205. The molecule has 136 valence electrons. The van der Waals surface area contributed by atoms with Crippen molar-refractivity contribution in [3.05, 3.63) is 29.8 Å². The molecule has 0 aliphatic heterocycles. The van der Waals surface area contributed by atoms with Gasteiger partial charge >= 0.3 is 0 Å². The Bertz CT molecular complexity index is 523. The molecule has 0 aliphatic carbocycles. The predicted octanol–water partition coefficient (Wildman–Crippen LogP) is 2.56. The Balaban J connectivity index is 2.43. The summed E-state index contributed by atoms with van der Waals surface area (Å²) in [6.45, 7) is 9.14. The summed E-state index contributed by atoms with van der Waals surface area (Å²) in [4.78, 5) is 15.5. The first-order chi connectivity index (χ1) is 11.2. The fourth-order valence-electron chi connectivity index (χ4n) is 2.77. The van der Waals surface area contributed by atoms with Gasteiger partial charge < -0.3 is 15.7 Å². The molecule has 1 aromatic rings. The van der Waals surface area contributed by atoms with E-state index in [1.807, 2.05) is 27.7 Å². The van der Waals surface area contributed by atoms with Crippen molar-refractivity contribution < 1.29 is 14.3 Å². The van der Waals surface area contributed by atoms with Crippen molar-refractivity contribution in [2.24, 2.45) is 5.92 Å².